The first kappa shape index (κ1) is 30.0. The molecular formula is C32H36F2N4O3. The van der Waals surface area contributed by atoms with E-state index in [0.717, 1.165) is 30.9 Å². The largest absolute Gasteiger partial charge is 0.390 e. The number of fused-ring (bicyclic) bond motifs is 1. The Morgan fingerprint density at radius 2 is 1.76 bits per heavy atom. The van der Waals surface area contributed by atoms with Crippen LogP contribution in [0.15, 0.2) is 65.5 Å². The number of halogens is 2. The Morgan fingerprint density at radius 3 is 2.49 bits per heavy atom. The molecule has 1 amide bonds. The van der Waals surface area contributed by atoms with Gasteiger partial charge in [0.1, 0.15) is 17.5 Å². The van der Waals surface area contributed by atoms with Gasteiger partial charge in [-0.3, -0.25) is 9.59 Å². The van der Waals surface area contributed by atoms with E-state index in [1.807, 2.05) is 18.2 Å². The Morgan fingerprint density at radius 1 is 1.00 bits per heavy atom. The zero-order valence-electron chi connectivity index (χ0n) is 23.3. The average Bonchev–Trinajstić information content (AvgIpc) is 2.95. The Hall–Kier alpha value is -3.95. The second kappa shape index (κ2) is 14.1. The van der Waals surface area contributed by atoms with Gasteiger partial charge in [-0.1, -0.05) is 44.5 Å². The number of aliphatic hydroxyl groups is 1. The summed E-state index contributed by atoms with van der Waals surface area (Å²) in [5, 5.41) is 17.4. The van der Waals surface area contributed by atoms with Crippen molar-refractivity contribution >= 4 is 16.8 Å². The zero-order chi connectivity index (χ0) is 29.4. The van der Waals surface area contributed by atoms with Gasteiger partial charge < -0.3 is 20.7 Å². The molecule has 41 heavy (non-hydrogen) atoms. The van der Waals surface area contributed by atoms with Gasteiger partial charge in [-0.15, -0.1) is 0 Å². The van der Waals surface area contributed by atoms with Crippen LogP contribution in [0.5, 0.6) is 0 Å². The Balaban J connectivity index is 1.51. The molecule has 1 aromatic heterocycles. The zero-order valence-corrected chi connectivity index (χ0v) is 23.3. The van der Waals surface area contributed by atoms with E-state index in [4.69, 9.17) is 0 Å². The topological polar surface area (TPSA) is 107 Å². The Bertz CT molecular complexity index is 1540. The molecule has 4 aromatic rings. The number of H-pyrrole nitrogens is 1. The number of hydrogen-bond acceptors (Lipinski definition) is 5. The first-order valence-corrected chi connectivity index (χ1v) is 14.0. The summed E-state index contributed by atoms with van der Waals surface area (Å²) in [5.41, 5.74) is 2.90. The van der Waals surface area contributed by atoms with Crippen LogP contribution in [0.4, 0.5) is 8.78 Å². The smallest absolute Gasteiger partial charge is 0.258 e. The SMILES string of the molecule is CCCCc1nc2ccc(C(=O)NC(Cc3cc(F)cc(F)c3)C(O)CNCc3cccc(CC)c3)cc2c(=O)[nH]1. The van der Waals surface area contributed by atoms with Crippen molar-refractivity contribution < 1.29 is 18.7 Å². The standard InChI is InChI=1S/C32H36F2N4O3/c1-3-5-9-30-36-27-11-10-23(16-26(27)32(41)38-30)31(40)37-28(15-22-13-24(33)17-25(34)14-22)29(39)19-35-18-21-8-6-7-20(4-2)12-21/h6-8,10-14,16-17,28-29,35,39H,3-5,9,15,18-19H2,1-2H3,(H,37,40)(H,36,38,41). The molecule has 0 spiro atoms. The van der Waals surface area contributed by atoms with E-state index in [1.165, 1.54) is 23.8 Å². The van der Waals surface area contributed by atoms with Gasteiger partial charge in [0.05, 0.1) is 23.0 Å². The fraction of sp³-hybridized carbons (Fsp3) is 0.344. The first-order chi connectivity index (χ1) is 19.7. The highest BCUT2D eigenvalue weighted by Gasteiger charge is 2.23. The van der Waals surface area contributed by atoms with Crippen molar-refractivity contribution in [1.82, 2.24) is 20.6 Å². The molecule has 216 valence electrons. The van der Waals surface area contributed by atoms with Crippen LogP contribution in [0, 0.1) is 11.6 Å². The summed E-state index contributed by atoms with van der Waals surface area (Å²) in [6, 6.07) is 15.0. The molecule has 0 saturated carbocycles. The molecule has 7 nitrogen and oxygen atoms in total. The second-order valence-corrected chi connectivity index (χ2v) is 10.3. The van der Waals surface area contributed by atoms with Crippen LogP contribution >= 0.6 is 0 Å². The van der Waals surface area contributed by atoms with Crippen molar-refractivity contribution in [2.24, 2.45) is 0 Å². The second-order valence-electron chi connectivity index (χ2n) is 10.3. The van der Waals surface area contributed by atoms with Crippen LogP contribution in [0.1, 0.15) is 59.6 Å². The summed E-state index contributed by atoms with van der Waals surface area (Å²) >= 11 is 0. The summed E-state index contributed by atoms with van der Waals surface area (Å²) in [6.07, 6.45) is 2.34. The normalized spacial score (nSPS) is 12.8. The molecule has 0 aliphatic carbocycles. The molecule has 0 radical (unpaired) electrons. The molecule has 1 heterocycles. The van der Waals surface area contributed by atoms with Crippen LogP contribution in [0.25, 0.3) is 10.9 Å². The molecule has 9 heteroatoms. The number of nitrogens with zero attached hydrogens (tertiary/aromatic N) is 1. The van der Waals surface area contributed by atoms with Crippen molar-refractivity contribution in [3.05, 3.63) is 111 Å². The predicted octanol–water partition coefficient (Wildman–Crippen LogP) is 4.60. The molecule has 2 unspecified atom stereocenters. The van der Waals surface area contributed by atoms with E-state index in [2.05, 4.69) is 40.5 Å². The lowest BCUT2D eigenvalue weighted by molar-refractivity contribution is 0.0830. The molecule has 0 aliphatic heterocycles. The van der Waals surface area contributed by atoms with Gasteiger partial charge in [0.25, 0.3) is 11.5 Å². The van der Waals surface area contributed by atoms with Gasteiger partial charge in [0, 0.05) is 31.1 Å². The number of aromatic amines is 1. The van der Waals surface area contributed by atoms with Crippen LogP contribution in [-0.4, -0.2) is 39.7 Å². The molecular weight excluding hydrogens is 526 g/mol. The number of carbonyl (C=O) groups excluding carboxylic acids is 1. The van der Waals surface area contributed by atoms with E-state index in [1.54, 1.807) is 12.1 Å². The first-order valence-electron chi connectivity index (χ1n) is 14.0. The van der Waals surface area contributed by atoms with Crippen molar-refractivity contribution in [3.8, 4) is 0 Å². The maximum Gasteiger partial charge on any atom is 0.258 e. The highest BCUT2D eigenvalue weighted by Crippen LogP contribution is 2.15. The molecule has 2 atom stereocenters. The maximum atomic E-state index is 13.9. The lowest BCUT2D eigenvalue weighted by Gasteiger charge is -2.25. The van der Waals surface area contributed by atoms with E-state index in [9.17, 15) is 23.5 Å². The molecule has 0 saturated heterocycles. The van der Waals surface area contributed by atoms with Gasteiger partial charge in [0.15, 0.2) is 0 Å². The third kappa shape index (κ3) is 8.28. The van der Waals surface area contributed by atoms with Crippen molar-refractivity contribution in [2.75, 3.05) is 6.54 Å². The van der Waals surface area contributed by atoms with E-state index in [-0.39, 0.29) is 29.5 Å². The highest BCUT2D eigenvalue weighted by atomic mass is 19.1. The lowest BCUT2D eigenvalue weighted by atomic mass is 9.99. The molecule has 0 aliphatic rings. The number of aryl methyl sites for hydroxylation is 2. The lowest BCUT2D eigenvalue weighted by Crippen LogP contribution is -2.48. The number of aliphatic hydroxyl groups excluding tert-OH is 1. The minimum Gasteiger partial charge on any atom is -0.390 e. The monoisotopic (exact) mass is 562 g/mol. The fourth-order valence-electron chi connectivity index (χ4n) is 4.77. The van der Waals surface area contributed by atoms with Gasteiger partial charge in [-0.25, -0.2) is 13.8 Å². The van der Waals surface area contributed by atoms with Gasteiger partial charge >= 0.3 is 0 Å². The number of benzene rings is 3. The minimum absolute atomic E-state index is 0.00883. The Kier molecular flexibility index (Phi) is 10.3. The number of carbonyl (C=O) groups is 1. The molecule has 0 fully saturated rings. The van der Waals surface area contributed by atoms with Crippen molar-refractivity contribution in [1.29, 1.82) is 0 Å². The summed E-state index contributed by atoms with van der Waals surface area (Å²) in [4.78, 5) is 33.3. The van der Waals surface area contributed by atoms with Crippen LogP contribution in [-0.2, 0) is 25.8 Å². The number of unbranched alkanes of at least 4 members (excludes halogenated alkanes) is 1. The minimum atomic E-state index is -1.08. The maximum absolute atomic E-state index is 13.9. The molecule has 4 rings (SSSR count). The van der Waals surface area contributed by atoms with Crippen LogP contribution < -0.4 is 16.2 Å². The van der Waals surface area contributed by atoms with Crippen molar-refractivity contribution in [3.63, 3.8) is 0 Å². The highest BCUT2D eigenvalue weighted by molar-refractivity contribution is 5.98. The molecule has 3 aromatic carbocycles. The number of rotatable bonds is 13. The number of aromatic nitrogens is 2. The average molecular weight is 563 g/mol. The van der Waals surface area contributed by atoms with E-state index in [0.29, 0.717) is 29.9 Å². The van der Waals surface area contributed by atoms with E-state index < -0.39 is 29.7 Å². The van der Waals surface area contributed by atoms with Crippen molar-refractivity contribution in [2.45, 2.75) is 64.6 Å². The third-order valence-corrected chi connectivity index (χ3v) is 7.02. The van der Waals surface area contributed by atoms with Gasteiger partial charge in [-0.2, -0.15) is 0 Å². The summed E-state index contributed by atoms with van der Waals surface area (Å²) in [5.74, 6) is -1.42. The summed E-state index contributed by atoms with van der Waals surface area (Å²) in [6.45, 7) is 4.76. The number of amides is 1. The summed E-state index contributed by atoms with van der Waals surface area (Å²) < 4.78 is 27.8. The van der Waals surface area contributed by atoms with Gasteiger partial charge in [0.2, 0.25) is 0 Å². The molecule has 0 bridgehead atoms. The fourth-order valence-corrected chi connectivity index (χ4v) is 4.77. The summed E-state index contributed by atoms with van der Waals surface area (Å²) in [7, 11) is 0. The quantitative estimate of drug-likeness (QED) is 0.191. The predicted molar refractivity (Wildman–Crippen MR) is 156 cm³/mol. The van der Waals surface area contributed by atoms with Crippen LogP contribution in [0.3, 0.4) is 0 Å². The third-order valence-electron chi connectivity index (χ3n) is 7.02. The van der Waals surface area contributed by atoms with Crippen LogP contribution in [0.2, 0.25) is 0 Å². The number of nitrogens with one attached hydrogen (secondary N) is 3. The Labute approximate surface area is 238 Å². The molecule has 4 N–H and O–H groups in total. The number of hydrogen-bond donors (Lipinski definition) is 4. The van der Waals surface area contributed by atoms with Gasteiger partial charge in [-0.05, 0) is 66.3 Å². The van der Waals surface area contributed by atoms with E-state index >= 15 is 0 Å².